The van der Waals surface area contributed by atoms with Crippen LogP contribution in [0.5, 0.6) is 5.75 Å². The Kier molecular flexibility index (Phi) is 4.06. The van der Waals surface area contributed by atoms with Crippen molar-refractivity contribution in [2.75, 3.05) is 31.6 Å². The molecular weight excluding hydrogens is 254 g/mol. The number of piperidine rings is 1. The quantitative estimate of drug-likeness (QED) is 0.885. The van der Waals surface area contributed by atoms with E-state index in [9.17, 15) is 4.79 Å². The Morgan fingerprint density at radius 1 is 1.20 bits per heavy atom. The van der Waals surface area contributed by atoms with Gasteiger partial charge in [-0.25, -0.2) is 4.79 Å². The summed E-state index contributed by atoms with van der Waals surface area (Å²) in [6, 6.07) is 5.72. The molecule has 3 rings (SSSR count). The third kappa shape index (κ3) is 3.22. The van der Waals surface area contributed by atoms with Gasteiger partial charge in [-0.15, -0.1) is 0 Å². The molecule has 0 aliphatic carbocycles. The molecule has 2 heterocycles. The summed E-state index contributed by atoms with van der Waals surface area (Å²) in [5, 5.41) is 5.55. The van der Waals surface area contributed by atoms with Crippen molar-refractivity contribution in [2.45, 2.75) is 25.8 Å². The molecule has 1 fully saturated rings. The van der Waals surface area contributed by atoms with Gasteiger partial charge >= 0.3 is 6.03 Å². The summed E-state index contributed by atoms with van der Waals surface area (Å²) in [5.74, 6) is 0.822. The molecule has 0 bridgehead atoms. The second kappa shape index (κ2) is 6.13. The Balaban J connectivity index is 1.52. The first-order valence-corrected chi connectivity index (χ1v) is 7.34. The van der Waals surface area contributed by atoms with Crippen LogP contribution in [0, 0.1) is 0 Å². The molecule has 1 aromatic rings. The number of likely N-dealkylation sites (tertiary alicyclic amines) is 1. The Labute approximate surface area is 119 Å². The fourth-order valence-electron chi connectivity index (χ4n) is 2.73. The van der Waals surface area contributed by atoms with Crippen LogP contribution in [0.1, 0.15) is 24.8 Å². The molecule has 1 saturated heterocycles. The number of urea groups is 1. The minimum absolute atomic E-state index is 0.150. The van der Waals surface area contributed by atoms with E-state index in [0.717, 1.165) is 23.5 Å². The van der Waals surface area contributed by atoms with Crippen LogP contribution in [0.4, 0.5) is 10.5 Å². The van der Waals surface area contributed by atoms with Gasteiger partial charge in [0.1, 0.15) is 12.4 Å². The third-order valence-corrected chi connectivity index (χ3v) is 3.89. The molecule has 1 aromatic carbocycles. The monoisotopic (exact) mass is 275 g/mol. The zero-order chi connectivity index (χ0) is 13.8. The highest BCUT2D eigenvalue weighted by molar-refractivity contribution is 5.92. The van der Waals surface area contributed by atoms with Crippen LogP contribution in [0.2, 0.25) is 0 Å². The molecule has 20 heavy (non-hydrogen) atoms. The molecule has 0 radical (unpaired) electrons. The van der Waals surface area contributed by atoms with Gasteiger partial charge in [0.05, 0.1) is 5.69 Å². The molecule has 2 N–H and O–H groups in total. The van der Waals surface area contributed by atoms with Crippen molar-refractivity contribution in [3.8, 4) is 5.75 Å². The summed E-state index contributed by atoms with van der Waals surface area (Å²) < 4.78 is 5.80. The minimum atomic E-state index is -0.150. The number of nitrogens with one attached hydrogen (secondary N) is 2. The van der Waals surface area contributed by atoms with E-state index >= 15 is 0 Å². The lowest BCUT2D eigenvalue weighted by Crippen LogP contribution is -2.33. The van der Waals surface area contributed by atoms with Gasteiger partial charge in [-0.05, 0) is 37.6 Å². The van der Waals surface area contributed by atoms with Gasteiger partial charge in [-0.2, -0.15) is 0 Å². The maximum Gasteiger partial charge on any atom is 0.319 e. The number of hydrogen-bond donors (Lipinski definition) is 2. The van der Waals surface area contributed by atoms with Gasteiger partial charge < -0.3 is 15.4 Å². The summed E-state index contributed by atoms with van der Waals surface area (Å²) in [6.07, 6.45) is 3.96. The van der Waals surface area contributed by atoms with Crippen LogP contribution >= 0.6 is 0 Å². The average molecular weight is 275 g/mol. The first-order chi connectivity index (χ1) is 9.81. The number of hydrogen-bond acceptors (Lipinski definition) is 3. The number of rotatable bonds is 4. The summed E-state index contributed by atoms with van der Waals surface area (Å²) in [4.78, 5) is 13.7. The average Bonchev–Trinajstić information content (AvgIpc) is 2.48. The number of amides is 2. The highest BCUT2D eigenvalue weighted by Crippen LogP contribution is 2.24. The number of anilines is 1. The largest absolute Gasteiger partial charge is 0.492 e. The number of carbonyl (C=O) groups is 1. The molecule has 5 heteroatoms. The van der Waals surface area contributed by atoms with Crippen LogP contribution < -0.4 is 15.4 Å². The lowest BCUT2D eigenvalue weighted by molar-refractivity contribution is 0.183. The fourth-order valence-corrected chi connectivity index (χ4v) is 2.73. The lowest BCUT2D eigenvalue weighted by Gasteiger charge is -2.26. The van der Waals surface area contributed by atoms with E-state index in [1.807, 2.05) is 18.2 Å². The van der Waals surface area contributed by atoms with Crippen LogP contribution in [-0.2, 0) is 6.54 Å². The van der Waals surface area contributed by atoms with Crippen LogP contribution in [-0.4, -0.2) is 37.2 Å². The van der Waals surface area contributed by atoms with Gasteiger partial charge in [-0.3, -0.25) is 4.90 Å². The van der Waals surface area contributed by atoms with E-state index in [1.54, 1.807) is 0 Å². The van der Waals surface area contributed by atoms with Gasteiger partial charge in [0.2, 0.25) is 0 Å². The van der Waals surface area contributed by atoms with Crippen LogP contribution in [0.3, 0.4) is 0 Å². The Hall–Kier alpha value is -1.75. The Bertz CT molecular complexity index is 484. The molecule has 108 valence electrons. The number of ether oxygens (including phenoxy) is 1. The van der Waals surface area contributed by atoms with E-state index in [-0.39, 0.29) is 6.03 Å². The fraction of sp³-hybridized carbons (Fsp3) is 0.533. The molecule has 0 aromatic heterocycles. The first kappa shape index (κ1) is 13.2. The van der Waals surface area contributed by atoms with E-state index in [1.165, 1.54) is 32.4 Å². The third-order valence-electron chi connectivity index (χ3n) is 3.89. The number of benzene rings is 1. The van der Waals surface area contributed by atoms with Crippen LogP contribution in [0.15, 0.2) is 18.2 Å². The topological polar surface area (TPSA) is 53.6 Å². The van der Waals surface area contributed by atoms with Crippen LogP contribution in [0.25, 0.3) is 0 Å². The molecule has 2 amide bonds. The zero-order valence-corrected chi connectivity index (χ0v) is 11.7. The predicted molar refractivity (Wildman–Crippen MR) is 78.1 cm³/mol. The maximum atomic E-state index is 11.3. The second-order valence-corrected chi connectivity index (χ2v) is 5.38. The number of fused-ring (bicyclic) bond motifs is 1. The highest BCUT2D eigenvalue weighted by atomic mass is 16.5. The smallest absolute Gasteiger partial charge is 0.319 e. The molecule has 5 nitrogen and oxygen atoms in total. The van der Waals surface area contributed by atoms with E-state index in [4.69, 9.17) is 4.74 Å². The number of carbonyl (C=O) groups excluding carboxylic acids is 1. The van der Waals surface area contributed by atoms with Crippen molar-refractivity contribution in [3.63, 3.8) is 0 Å². The van der Waals surface area contributed by atoms with E-state index in [0.29, 0.717) is 13.2 Å². The molecular formula is C15H21N3O2. The summed E-state index contributed by atoms with van der Waals surface area (Å²) in [7, 11) is 0. The maximum absolute atomic E-state index is 11.3. The van der Waals surface area contributed by atoms with E-state index < -0.39 is 0 Å². The highest BCUT2D eigenvalue weighted by Gasteiger charge is 2.14. The summed E-state index contributed by atoms with van der Waals surface area (Å²) in [5.41, 5.74) is 1.94. The molecule has 0 saturated carbocycles. The Morgan fingerprint density at radius 2 is 2.05 bits per heavy atom. The SMILES string of the molecule is O=C1NCc2ccc(OCCN3CCCCC3)cc2N1. The molecule has 2 aliphatic heterocycles. The van der Waals surface area contributed by atoms with Gasteiger partial charge in [0.15, 0.2) is 0 Å². The van der Waals surface area contributed by atoms with Gasteiger partial charge in [0, 0.05) is 19.2 Å². The molecule has 0 unspecified atom stereocenters. The van der Waals surface area contributed by atoms with Gasteiger partial charge in [-0.1, -0.05) is 12.5 Å². The zero-order valence-electron chi connectivity index (χ0n) is 11.7. The molecule has 0 spiro atoms. The summed E-state index contributed by atoms with van der Waals surface area (Å²) in [6.45, 7) is 4.63. The van der Waals surface area contributed by atoms with Crippen molar-refractivity contribution in [2.24, 2.45) is 0 Å². The van der Waals surface area contributed by atoms with Crippen molar-refractivity contribution in [1.82, 2.24) is 10.2 Å². The molecule has 2 aliphatic rings. The van der Waals surface area contributed by atoms with Crippen molar-refractivity contribution in [1.29, 1.82) is 0 Å². The second-order valence-electron chi connectivity index (χ2n) is 5.38. The van der Waals surface area contributed by atoms with E-state index in [2.05, 4.69) is 15.5 Å². The van der Waals surface area contributed by atoms with Crippen molar-refractivity contribution in [3.05, 3.63) is 23.8 Å². The first-order valence-electron chi connectivity index (χ1n) is 7.34. The normalized spacial score (nSPS) is 18.9. The molecule has 0 atom stereocenters. The number of nitrogens with zero attached hydrogens (tertiary/aromatic N) is 1. The Morgan fingerprint density at radius 3 is 2.90 bits per heavy atom. The predicted octanol–water partition coefficient (Wildman–Crippen LogP) is 2.19. The van der Waals surface area contributed by atoms with Crippen molar-refractivity contribution >= 4 is 11.7 Å². The minimum Gasteiger partial charge on any atom is -0.492 e. The van der Waals surface area contributed by atoms with Crippen molar-refractivity contribution < 1.29 is 9.53 Å². The summed E-state index contributed by atoms with van der Waals surface area (Å²) >= 11 is 0. The van der Waals surface area contributed by atoms with Gasteiger partial charge in [0.25, 0.3) is 0 Å². The lowest BCUT2D eigenvalue weighted by atomic mass is 10.1. The standard InChI is InChI=1S/C15H21N3O2/c19-15-16-11-12-4-5-13(10-14(12)17-15)20-9-8-18-6-2-1-3-7-18/h4-5,10H,1-3,6-9,11H2,(H2,16,17,19).